The van der Waals surface area contributed by atoms with Gasteiger partial charge in [-0.25, -0.2) is 4.58 Å². The number of unbranched alkanes of at least 4 members (excludes halogenated alkanes) is 3. The minimum Gasteiger partial charge on any atom is -0.378 e. The van der Waals surface area contributed by atoms with Crippen molar-refractivity contribution in [2.75, 3.05) is 46.2 Å². The summed E-state index contributed by atoms with van der Waals surface area (Å²) in [4.78, 5) is 26.5. The van der Waals surface area contributed by atoms with E-state index in [0.29, 0.717) is 24.1 Å². The number of aryl methyl sites for hydroxylation is 1. The number of anilines is 1. The molecular weight excluding hydrogens is 801 g/mol. The fourth-order valence-corrected chi connectivity index (χ4v) is 12.5. The lowest BCUT2D eigenvalue weighted by molar-refractivity contribution is -0.462. The normalized spacial score (nSPS) is 14.0. The van der Waals surface area contributed by atoms with Gasteiger partial charge in [-0.2, -0.15) is 0 Å². The molecule has 0 saturated carbocycles. The molecule has 2 N–H and O–H groups in total. The van der Waals surface area contributed by atoms with Crippen LogP contribution < -0.4 is 20.7 Å². The fourth-order valence-electron chi connectivity index (χ4n) is 9.48. The van der Waals surface area contributed by atoms with Crippen LogP contribution in [0.25, 0.3) is 38.2 Å². The molecule has 5 aromatic rings. The molecule has 0 unspecified atom stereocenters. The second-order valence-corrected chi connectivity index (χ2v) is 23.1. The van der Waals surface area contributed by atoms with Crippen molar-refractivity contribution in [3.05, 3.63) is 160 Å². The van der Waals surface area contributed by atoms with E-state index in [0.717, 1.165) is 51.6 Å². The molecule has 0 spiro atoms. The van der Waals surface area contributed by atoms with Crippen LogP contribution >= 0.6 is 0 Å². The van der Waals surface area contributed by atoms with Gasteiger partial charge in [-0.1, -0.05) is 99.8 Å². The summed E-state index contributed by atoms with van der Waals surface area (Å²) in [6, 6.07) is 32.3. The highest BCUT2D eigenvalue weighted by atomic mass is 28.3. The molecule has 1 heterocycles. The zero-order chi connectivity index (χ0) is 45.7. The lowest BCUT2D eigenvalue weighted by Crippen LogP contribution is -2.49. The summed E-state index contributed by atoms with van der Waals surface area (Å²) >= 11 is 0. The van der Waals surface area contributed by atoms with Crippen molar-refractivity contribution in [3.8, 4) is 11.1 Å². The number of ketones is 1. The Kier molecular flexibility index (Phi) is 14.3. The first-order valence-electron chi connectivity index (χ1n) is 23.1. The molecule has 7 rings (SSSR count). The monoisotopic (exact) mass is 868 g/mol. The number of carbonyl (C=O) groups is 2. The molecular formula is C57H67N4O2Si+. The van der Waals surface area contributed by atoms with Crippen LogP contribution in [0, 0.1) is 0 Å². The van der Waals surface area contributed by atoms with E-state index in [9.17, 15) is 9.59 Å². The topological polar surface area (TPSA) is 64.5 Å². The van der Waals surface area contributed by atoms with Gasteiger partial charge in [-0.3, -0.25) is 9.59 Å². The molecule has 2 aliphatic rings. The van der Waals surface area contributed by atoms with Crippen LogP contribution in [0.2, 0.25) is 13.1 Å². The Morgan fingerprint density at radius 3 is 2.12 bits per heavy atom. The number of Topliss-reactive ketones (excluding diaryl/α,β-unsaturated/α-hetero) is 1. The van der Waals surface area contributed by atoms with Gasteiger partial charge in [0.2, 0.25) is 5.91 Å². The molecule has 64 heavy (non-hydrogen) atoms. The Morgan fingerprint density at radius 1 is 0.703 bits per heavy atom. The summed E-state index contributed by atoms with van der Waals surface area (Å²) in [5, 5.41) is 14.8. The maximum absolute atomic E-state index is 12.2. The maximum Gasteiger partial charge on any atom is 0.246 e. The van der Waals surface area contributed by atoms with Crippen molar-refractivity contribution in [2.24, 2.45) is 0 Å². The second kappa shape index (κ2) is 19.9. The van der Waals surface area contributed by atoms with Gasteiger partial charge < -0.3 is 15.5 Å². The van der Waals surface area contributed by atoms with Gasteiger partial charge in [0.15, 0.2) is 11.5 Å². The SMILES string of the molecule is C=C(C)C(=O)CCCCCCc1c2ccccc2c(CNCCCNC(=O)C(=C)C)c2ccc(-c3cccc(C4=C5C=CC(=[N+](C)C)C=C5[Si](C)(C)c5cc(N(C)C)ccc54)c3)cc12. The van der Waals surface area contributed by atoms with E-state index in [1.165, 1.54) is 87.9 Å². The summed E-state index contributed by atoms with van der Waals surface area (Å²) < 4.78 is 2.22. The largest absolute Gasteiger partial charge is 0.378 e. The molecule has 0 aromatic heterocycles. The van der Waals surface area contributed by atoms with Crippen molar-refractivity contribution in [1.29, 1.82) is 0 Å². The van der Waals surface area contributed by atoms with E-state index in [2.05, 4.69) is 178 Å². The van der Waals surface area contributed by atoms with Crippen LogP contribution in [-0.4, -0.2) is 71.3 Å². The predicted octanol–water partition coefficient (Wildman–Crippen LogP) is 11.0. The third-order valence-electron chi connectivity index (χ3n) is 13.2. The average Bonchev–Trinajstić information content (AvgIpc) is 3.28. The van der Waals surface area contributed by atoms with Crippen molar-refractivity contribution < 1.29 is 14.2 Å². The Labute approximate surface area is 382 Å². The number of hydrogen-bond acceptors (Lipinski definition) is 4. The van der Waals surface area contributed by atoms with Crippen molar-refractivity contribution >= 4 is 63.5 Å². The standard InChI is InChI=1S/C57H66N4O2Si/c1-38(2)53(62)24-14-12-11-13-21-46-45-22-15-16-23-47(45)52(37-58-31-18-32-59-57(63)39(3)4)48-28-25-41(34-51(46)48)40-19-17-20-42(33-40)56-49-29-26-43(60(5)6)35-54(49)64(9,10)55-36-44(61(7)8)27-30-50(55)56/h15-17,19-20,22-23,25-30,33-36,58H,1,3,11-14,18,21,24,31-32,37H2,2,4-10H3/p+1. The number of nitrogens with one attached hydrogen (secondary N) is 2. The summed E-state index contributed by atoms with van der Waals surface area (Å²) in [6.45, 7) is 18.3. The molecule has 6 nitrogen and oxygen atoms in total. The molecule has 7 heteroatoms. The lowest BCUT2D eigenvalue weighted by atomic mass is 9.86. The highest BCUT2D eigenvalue weighted by Crippen LogP contribution is 2.43. The molecule has 5 aromatic carbocycles. The van der Waals surface area contributed by atoms with Crippen molar-refractivity contribution in [3.63, 3.8) is 0 Å². The zero-order valence-electron chi connectivity index (χ0n) is 39.5. The number of hydrogen-bond donors (Lipinski definition) is 2. The first-order chi connectivity index (χ1) is 30.7. The molecule has 330 valence electrons. The van der Waals surface area contributed by atoms with Crippen molar-refractivity contribution in [2.45, 2.75) is 78.4 Å². The molecule has 0 atom stereocenters. The smallest absolute Gasteiger partial charge is 0.246 e. The van der Waals surface area contributed by atoms with Gasteiger partial charge in [0.1, 0.15) is 22.2 Å². The maximum atomic E-state index is 12.2. The van der Waals surface area contributed by atoms with Crippen LogP contribution in [0.4, 0.5) is 5.69 Å². The molecule has 0 radical (unpaired) electrons. The van der Waals surface area contributed by atoms with E-state index in [4.69, 9.17) is 0 Å². The quantitative estimate of drug-likeness (QED) is 0.0303. The Balaban J connectivity index is 1.30. The van der Waals surface area contributed by atoms with E-state index in [1.807, 2.05) is 6.92 Å². The number of amides is 1. The minimum absolute atomic E-state index is 0.0935. The van der Waals surface area contributed by atoms with Crippen LogP contribution in [0.15, 0.2) is 138 Å². The van der Waals surface area contributed by atoms with E-state index in [-0.39, 0.29) is 11.7 Å². The third-order valence-corrected chi connectivity index (χ3v) is 16.7. The Hall–Kier alpha value is -5.89. The van der Waals surface area contributed by atoms with Gasteiger partial charge in [-0.05, 0) is 158 Å². The summed E-state index contributed by atoms with van der Waals surface area (Å²) in [5.74, 6) is 0.0800. The molecule has 1 aliphatic heterocycles. The highest BCUT2D eigenvalue weighted by molar-refractivity contribution is 6.98. The van der Waals surface area contributed by atoms with Gasteiger partial charge in [0, 0.05) is 57.0 Å². The van der Waals surface area contributed by atoms with Gasteiger partial charge in [0.05, 0.1) is 0 Å². The number of fused-ring (bicyclic) bond motifs is 4. The number of carbonyl (C=O) groups excluding carboxylic acids is 2. The van der Waals surface area contributed by atoms with Crippen LogP contribution in [0.1, 0.15) is 74.6 Å². The van der Waals surface area contributed by atoms with E-state index in [1.54, 1.807) is 6.92 Å². The summed E-state index contributed by atoms with van der Waals surface area (Å²) in [6.07, 6.45) is 13.5. The number of nitrogens with zero attached hydrogens (tertiary/aromatic N) is 2. The number of allylic oxidation sites excluding steroid dienone is 6. The van der Waals surface area contributed by atoms with Crippen LogP contribution in [-0.2, 0) is 22.6 Å². The summed E-state index contributed by atoms with van der Waals surface area (Å²) in [7, 11) is 6.45. The third kappa shape index (κ3) is 9.76. The first-order valence-corrected chi connectivity index (χ1v) is 26.1. The van der Waals surface area contributed by atoms with E-state index < -0.39 is 8.07 Å². The molecule has 0 saturated heterocycles. The summed E-state index contributed by atoms with van der Waals surface area (Å²) in [5.41, 5.74) is 14.0. The predicted molar refractivity (Wildman–Crippen MR) is 276 cm³/mol. The fraction of sp³-hybridized carbons (Fsp3) is 0.316. The number of benzene rings is 5. The molecule has 0 fully saturated rings. The lowest BCUT2D eigenvalue weighted by Gasteiger charge is -2.38. The van der Waals surface area contributed by atoms with Crippen LogP contribution in [0.5, 0.6) is 0 Å². The van der Waals surface area contributed by atoms with Crippen LogP contribution in [0.3, 0.4) is 0 Å². The first kappa shape index (κ1) is 46.1. The minimum atomic E-state index is -2.08. The second-order valence-electron chi connectivity index (χ2n) is 18.8. The van der Waals surface area contributed by atoms with Gasteiger partial charge in [0.25, 0.3) is 0 Å². The van der Waals surface area contributed by atoms with Crippen molar-refractivity contribution in [1.82, 2.24) is 10.6 Å². The van der Waals surface area contributed by atoms with Gasteiger partial charge in [-0.15, -0.1) is 0 Å². The Morgan fingerprint density at radius 2 is 1.41 bits per heavy atom. The van der Waals surface area contributed by atoms with Gasteiger partial charge >= 0.3 is 0 Å². The zero-order valence-corrected chi connectivity index (χ0v) is 40.5. The average molecular weight is 868 g/mol. The highest BCUT2D eigenvalue weighted by Gasteiger charge is 2.40. The number of rotatable bonds is 18. The molecule has 0 bridgehead atoms. The molecule has 1 amide bonds. The van der Waals surface area contributed by atoms with E-state index >= 15 is 0 Å². The Bertz CT molecular complexity index is 2800. The molecule has 1 aliphatic carbocycles.